The Labute approximate surface area is 207 Å². The molecule has 2 aromatic rings. The molecule has 0 aliphatic carbocycles. The van der Waals surface area contributed by atoms with Gasteiger partial charge in [0.2, 0.25) is 0 Å². The third-order valence-corrected chi connectivity index (χ3v) is 7.55. The Morgan fingerprint density at radius 2 is 2.23 bits per heavy atom. The molecule has 3 unspecified atom stereocenters. The number of ether oxygens (including phenoxy) is 2. The minimum Gasteiger partial charge on any atom is -0.488 e. The number of aliphatic carboxylic acids is 1. The van der Waals surface area contributed by atoms with Gasteiger partial charge in [0.1, 0.15) is 17.7 Å². The van der Waals surface area contributed by atoms with Crippen LogP contribution < -0.4 is 10.1 Å². The number of hydrogen-bond acceptors (Lipinski definition) is 6. The lowest BCUT2D eigenvalue weighted by Crippen LogP contribution is -2.28. The fourth-order valence-corrected chi connectivity index (χ4v) is 5.62. The van der Waals surface area contributed by atoms with Crippen molar-refractivity contribution in [3.63, 3.8) is 0 Å². The smallest absolute Gasteiger partial charge is 0.304 e. The highest BCUT2D eigenvalue weighted by Gasteiger charge is 2.27. The van der Waals surface area contributed by atoms with Crippen LogP contribution in [0.1, 0.15) is 54.8 Å². The van der Waals surface area contributed by atoms with Crippen molar-refractivity contribution >= 4 is 11.8 Å². The standard InChI is InChI=1S/C28H37N3O4/c32-27(33)16-23(22-3-1-5-25(15-22)35-26-11-14-34-19-26)18-31-13-10-20(17-31)6-8-24-9-7-21-4-2-12-29-28(21)30-24/h1,3,5,7,9,15,20,23,26H,2,4,6,8,10-14,16-19H2,(H,29,30)(H,32,33). The highest BCUT2D eigenvalue weighted by molar-refractivity contribution is 5.68. The van der Waals surface area contributed by atoms with Gasteiger partial charge >= 0.3 is 5.97 Å². The monoisotopic (exact) mass is 479 g/mol. The number of aromatic nitrogens is 1. The molecule has 0 radical (unpaired) electrons. The van der Waals surface area contributed by atoms with Crippen LogP contribution in [-0.2, 0) is 22.4 Å². The van der Waals surface area contributed by atoms with Crippen molar-refractivity contribution in [3.8, 4) is 5.75 Å². The van der Waals surface area contributed by atoms with Gasteiger partial charge in [-0.2, -0.15) is 0 Å². The summed E-state index contributed by atoms with van der Waals surface area (Å²) in [6.07, 6.45) is 6.69. The van der Waals surface area contributed by atoms with Crippen LogP contribution in [0.5, 0.6) is 5.75 Å². The molecule has 2 fully saturated rings. The second-order valence-electron chi connectivity index (χ2n) is 10.3. The fraction of sp³-hybridized carbons (Fsp3) is 0.571. The lowest BCUT2D eigenvalue weighted by molar-refractivity contribution is -0.137. The number of nitrogens with zero attached hydrogens (tertiary/aromatic N) is 2. The Kier molecular flexibility index (Phi) is 7.84. The predicted octanol–water partition coefficient (Wildman–Crippen LogP) is 4.12. The quantitative estimate of drug-likeness (QED) is 0.530. The maximum atomic E-state index is 11.7. The van der Waals surface area contributed by atoms with Gasteiger partial charge in [0, 0.05) is 37.7 Å². The third kappa shape index (κ3) is 6.53. The topological polar surface area (TPSA) is 83.9 Å². The van der Waals surface area contributed by atoms with Crippen LogP contribution in [0, 0.1) is 5.92 Å². The molecule has 5 rings (SSSR count). The summed E-state index contributed by atoms with van der Waals surface area (Å²) in [7, 11) is 0. The van der Waals surface area contributed by atoms with E-state index in [0.29, 0.717) is 12.5 Å². The van der Waals surface area contributed by atoms with E-state index in [-0.39, 0.29) is 18.4 Å². The Morgan fingerprint density at radius 1 is 1.29 bits per heavy atom. The summed E-state index contributed by atoms with van der Waals surface area (Å²) in [5, 5.41) is 13.0. The van der Waals surface area contributed by atoms with Crippen LogP contribution in [0.25, 0.3) is 0 Å². The first-order valence-electron chi connectivity index (χ1n) is 13.1. The van der Waals surface area contributed by atoms with Gasteiger partial charge < -0.3 is 24.8 Å². The largest absolute Gasteiger partial charge is 0.488 e. The van der Waals surface area contributed by atoms with E-state index in [0.717, 1.165) is 82.0 Å². The summed E-state index contributed by atoms with van der Waals surface area (Å²) < 4.78 is 11.5. The van der Waals surface area contributed by atoms with Crippen LogP contribution in [-0.4, -0.2) is 66.5 Å². The normalized spacial score (nSPS) is 23.0. The first kappa shape index (κ1) is 24.1. The van der Waals surface area contributed by atoms with E-state index in [9.17, 15) is 9.90 Å². The van der Waals surface area contributed by atoms with E-state index < -0.39 is 5.97 Å². The van der Waals surface area contributed by atoms with Crippen LogP contribution in [0.2, 0.25) is 0 Å². The first-order chi connectivity index (χ1) is 17.1. The number of carboxylic acids is 1. The number of likely N-dealkylation sites (tertiary alicyclic amines) is 1. The molecule has 2 N–H and O–H groups in total. The van der Waals surface area contributed by atoms with E-state index in [1.165, 1.54) is 17.7 Å². The molecule has 7 heteroatoms. The van der Waals surface area contributed by atoms with Gasteiger partial charge in [0.25, 0.3) is 0 Å². The maximum Gasteiger partial charge on any atom is 0.304 e. The predicted molar refractivity (Wildman–Crippen MR) is 135 cm³/mol. The molecule has 4 heterocycles. The van der Waals surface area contributed by atoms with Crippen molar-refractivity contribution in [1.29, 1.82) is 0 Å². The number of pyridine rings is 1. The first-order valence-corrected chi connectivity index (χ1v) is 13.1. The third-order valence-electron chi connectivity index (χ3n) is 7.55. The molecule has 1 aromatic carbocycles. The average molecular weight is 480 g/mol. The number of carboxylic acid groups (broad SMARTS) is 1. The Morgan fingerprint density at radius 3 is 3.09 bits per heavy atom. The Balaban J connectivity index is 1.16. The average Bonchev–Trinajstić information content (AvgIpc) is 3.54. The van der Waals surface area contributed by atoms with Gasteiger partial charge in [-0.3, -0.25) is 4.79 Å². The van der Waals surface area contributed by atoms with E-state index in [4.69, 9.17) is 14.5 Å². The summed E-state index contributed by atoms with van der Waals surface area (Å²) in [6.45, 7) is 5.18. The second-order valence-corrected chi connectivity index (χ2v) is 10.3. The lowest BCUT2D eigenvalue weighted by Gasteiger charge is -2.24. The van der Waals surface area contributed by atoms with Gasteiger partial charge in [0.15, 0.2) is 0 Å². The molecular weight excluding hydrogens is 442 g/mol. The van der Waals surface area contributed by atoms with Crippen LogP contribution in [0.3, 0.4) is 0 Å². The summed E-state index contributed by atoms with van der Waals surface area (Å²) in [5.41, 5.74) is 3.55. The van der Waals surface area contributed by atoms with Crippen LogP contribution in [0.4, 0.5) is 5.82 Å². The Bertz CT molecular complexity index is 1010. The molecule has 0 saturated carbocycles. The molecule has 0 amide bonds. The number of aryl methyl sites for hydroxylation is 2. The van der Waals surface area contributed by atoms with E-state index in [2.05, 4.69) is 22.3 Å². The summed E-state index contributed by atoms with van der Waals surface area (Å²) in [4.78, 5) is 19.0. The molecule has 3 atom stereocenters. The number of rotatable bonds is 10. The van der Waals surface area contributed by atoms with Gasteiger partial charge in [-0.05, 0) is 73.9 Å². The van der Waals surface area contributed by atoms with Crippen molar-refractivity contribution < 1.29 is 19.4 Å². The molecule has 0 bridgehead atoms. The van der Waals surface area contributed by atoms with Crippen molar-refractivity contribution in [2.24, 2.45) is 5.92 Å². The van der Waals surface area contributed by atoms with E-state index in [1.54, 1.807) is 0 Å². The SMILES string of the molecule is O=C(O)CC(CN1CCC(CCc2ccc3c(n2)NCCC3)C1)c1cccc(OC2CCOC2)c1. The highest BCUT2D eigenvalue weighted by atomic mass is 16.5. The number of nitrogens with one attached hydrogen (secondary N) is 1. The van der Waals surface area contributed by atoms with Gasteiger partial charge in [-0.1, -0.05) is 18.2 Å². The number of hydrogen-bond donors (Lipinski definition) is 2. The molecule has 7 nitrogen and oxygen atoms in total. The maximum absolute atomic E-state index is 11.7. The lowest BCUT2D eigenvalue weighted by atomic mass is 9.94. The molecule has 35 heavy (non-hydrogen) atoms. The number of carbonyl (C=O) groups is 1. The van der Waals surface area contributed by atoms with Gasteiger partial charge in [-0.15, -0.1) is 0 Å². The molecule has 188 valence electrons. The molecule has 3 aliphatic heterocycles. The van der Waals surface area contributed by atoms with Gasteiger partial charge in [-0.25, -0.2) is 4.98 Å². The van der Waals surface area contributed by atoms with Crippen LogP contribution >= 0.6 is 0 Å². The summed E-state index contributed by atoms with van der Waals surface area (Å²) >= 11 is 0. The van der Waals surface area contributed by atoms with Crippen molar-refractivity contribution in [2.45, 2.75) is 57.0 Å². The number of benzene rings is 1. The molecule has 0 spiro atoms. The van der Waals surface area contributed by atoms with Crippen molar-refractivity contribution in [2.75, 3.05) is 44.7 Å². The zero-order valence-electron chi connectivity index (χ0n) is 20.5. The zero-order valence-corrected chi connectivity index (χ0v) is 20.5. The number of anilines is 1. The molecule has 1 aromatic heterocycles. The fourth-order valence-electron chi connectivity index (χ4n) is 5.62. The second kappa shape index (κ2) is 11.4. The molecule has 2 saturated heterocycles. The minimum atomic E-state index is -0.756. The minimum absolute atomic E-state index is 0.0528. The van der Waals surface area contributed by atoms with Gasteiger partial charge in [0.05, 0.1) is 19.6 Å². The molecule has 3 aliphatic rings. The van der Waals surface area contributed by atoms with Crippen molar-refractivity contribution in [1.82, 2.24) is 9.88 Å². The molecular formula is C28H37N3O4. The Hall–Kier alpha value is -2.64. The number of fused-ring (bicyclic) bond motifs is 1. The summed E-state index contributed by atoms with van der Waals surface area (Å²) in [6, 6.07) is 12.4. The zero-order chi connectivity index (χ0) is 24.0. The van der Waals surface area contributed by atoms with Crippen LogP contribution in [0.15, 0.2) is 36.4 Å². The van der Waals surface area contributed by atoms with E-state index in [1.807, 2.05) is 24.3 Å². The van der Waals surface area contributed by atoms with E-state index >= 15 is 0 Å². The highest BCUT2D eigenvalue weighted by Crippen LogP contribution is 2.30. The van der Waals surface area contributed by atoms with Crippen molar-refractivity contribution in [3.05, 3.63) is 53.2 Å². The summed E-state index contributed by atoms with van der Waals surface area (Å²) in [5.74, 6) is 1.70.